The van der Waals surface area contributed by atoms with Crippen molar-refractivity contribution in [3.05, 3.63) is 137 Å². The van der Waals surface area contributed by atoms with Crippen molar-refractivity contribution >= 4 is 65.3 Å². The van der Waals surface area contributed by atoms with Crippen molar-refractivity contribution in [2.24, 2.45) is 0 Å². The largest absolute Gasteiger partial charge is 0.305 e. The zero-order valence-electron chi connectivity index (χ0n) is 20.7. The van der Waals surface area contributed by atoms with Gasteiger partial charge in [0.05, 0.1) is 5.56 Å². The first-order valence-electron chi connectivity index (χ1n) is 12.6. The van der Waals surface area contributed by atoms with Gasteiger partial charge in [0, 0.05) is 15.8 Å². The molecule has 0 unspecified atom stereocenters. The van der Waals surface area contributed by atoms with E-state index in [4.69, 9.17) is 0 Å². The van der Waals surface area contributed by atoms with Gasteiger partial charge >= 0.3 is 0 Å². The Morgan fingerprint density at radius 2 is 0.950 bits per heavy atom. The molecular formula is C34H18BrF4N. The van der Waals surface area contributed by atoms with Crippen LogP contribution in [0.15, 0.2) is 114 Å². The average Bonchev–Trinajstić information content (AvgIpc) is 2.99. The third-order valence-corrected chi connectivity index (χ3v) is 8.06. The van der Waals surface area contributed by atoms with E-state index in [9.17, 15) is 0 Å². The highest BCUT2D eigenvalue weighted by molar-refractivity contribution is 9.10. The van der Waals surface area contributed by atoms with Crippen LogP contribution in [0, 0.1) is 23.3 Å². The summed E-state index contributed by atoms with van der Waals surface area (Å²) in [5.74, 6) is -5.87. The standard InChI is InChI=1S/C34H18BrF4N/c35-26-18-14-20-11-15-23-24(16-12-19-13-17-25(26)28(20)27(19)23)29-30(36)32(38)34(33(39)31(29)37)40(21-7-3-1-4-8-21)22-9-5-2-6-10-22/h1-18H. The predicted octanol–water partition coefficient (Wildman–Crippen LogP) is 11.0. The van der Waals surface area contributed by atoms with Crippen LogP contribution in [0.25, 0.3) is 43.4 Å². The SMILES string of the molecule is Fc1c(F)c(N(c2ccccc2)c2ccccc2)c(F)c(F)c1-c1ccc2ccc3c(Br)ccc4ccc1c2c43. The molecule has 0 aliphatic heterocycles. The summed E-state index contributed by atoms with van der Waals surface area (Å²) in [6.07, 6.45) is 0. The maximum absolute atomic E-state index is 16.1. The summed E-state index contributed by atoms with van der Waals surface area (Å²) in [4.78, 5) is 1.18. The van der Waals surface area contributed by atoms with Crippen molar-refractivity contribution in [2.75, 3.05) is 4.90 Å². The lowest BCUT2D eigenvalue weighted by Crippen LogP contribution is -2.16. The van der Waals surface area contributed by atoms with Gasteiger partial charge in [0.2, 0.25) is 0 Å². The fourth-order valence-electron chi connectivity index (χ4n) is 5.60. The van der Waals surface area contributed by atoms with Crippen LogP contribution in [0.4, 0.5) is 34.6 Å². The van der Waals surface area contributed by atoms with Gasteiger partial charge in [-0.25, -0.2) is 17.6 Å². The van der Waals surface area contributed by atoms with E-state index in [0.29, 0.717) is 16.8 Å². The molecule has 0 N–H and O–H groups in total. The molecule has 0 aromatic heterocycles. The lowest BCUT2D eigenvalue weighted by molar-refractivity contribution is 0.461. The number of halogens is 5. The van der Waals surface area contributed by atoms with E-state index in [-0.39, 0.29) is 5.56 Å². The summed E-state index contributed by atoms with van der Waals surface area (Å²) in [5, 5.41) is 4.91. The van der Waals surface area contributed by atoms with Crippen LogP contribution in [0.2, 0.25) is 0 Å². The second-order valence-electron chi connectivity index (χ2n) is 9.57. The lowest BCUT2D eigenvalue weighted by atomic mass is 9.89. The lowest BCUT2D eigenvalue weighted by Gasteiger charge is -2.27. The summed E-state index contributed by atoms with van der Waals surface area (Å²) in [5.41, 5.74) is -0.778. The summed E-state index contributed by atoms with van der Waals surface area (Å²) in [6.45, 7) is 0. The van der Waals surface area contributed by atoms with Crippen molar-refractivity contribution in [1.29, 1.82) is 0 Å². The second kappa shape index (κ2) is 9.35. The number of hydrogen-bond acceptors (Lipinski definition) is 1. The molecule has 0 radical (unpaired) electrons. The maximum Gasteiger partial charge on any atom is 0.186 e. The molecule has 0 bridgehead atoms. The van der Waals surface area contributed by atoms with Gasteiger partial charge in [-0.15, -0.1) is 0 Å². The highest BCUT2D eigenvalue weighted by Gasteiger charge is 2.31. The van der Waals surface area contributed by atoms with E-state index in [1.807, 2.05) is 30.3 Å². The number of hydrogen-bond donors (Lipinski definition) is 0. The topological polar surface area (TPSA) is 3.24 Å². The van der Waals surface area contributed by atoms with Gasteiger partial charge in [-0.3, -0.25) is 0 Å². The number of nitrogens with zero attached hydrogens (tertiary/aromatic N) is 1. The van der Waals surface area contributed by atoms with Crippen LogP contribution < -0.4 is 4.90 Å². The van der Waals surface area contributed by atoms with Gasteiger partial charge in [-0.1, -0.05) is 94.8 Å². The predicted molar refractivity (Wildman–Crippen MR) is 158 cm³/mol. The van der Waals surface area contributed by atoms with Crippen molar-refractivity contribution in [3.8, 4) is 11.1 Å². The molecule has 7 rings (SSSR count). The first-order valence-corrected chi connectivity index (χ1v) is 13.4. The fourth-order valence-corrected chi connectivity index (χ4v) is 6.06. The summed E-state index contributed by atoms with van der Waals surface area (Å²) in [6, 6.07) is 31.3. The van der Waals surface area contributed by atoms with E-state index >= 15 is 17.6 Å². The number of benzene rings is 7. The van der Waals surface area contributed by atoms with E-state index < -0.39 is 34.5 Å². The molecule has 0 amide bonds. The number of rotatable bonds is 4. The van der Waals surface area contributed by atoms with Crippen LogP contribution in [0.1, 0.15) is 0 Å². The first kappa shape index (κ1) is 24.6. The molecule has 0 fully saturated rings. The van der Waals surface area contributed by atoms with E-state index in [0.717, 1.165) is 31.4 Å². The maximum atomic E-state index is 16.1. The molecule has 7 aromatic rings. The smallest absolute Gasteiger partial charge is 0.186 e. The van der Waals surface area contributed by atoms with Gasteiger partial charge in [-0.05, 0) is 68.2 Å². The minimum absolute atomic E-state index is 0.0761. The Kier molecular flexibility index (Phi) is 5.75. The molecule has 0 aliphatic rings. The molecule has 0 saturated carbocycles. The molecule has 0 heterocycles. The zero-order valence-corrected chi connectivity index (χ0v) is 22.3. The second-order valence-corrected chi connectivity index (χ2v) is 10.4. The average molecular weight is 596 g/mol. The zero-order chi connectivity index (χ0) is 27.5. The monoisotopic (exact) mass is 595 g/mol. The van der Waals surface area contributed by atoms with E-state index in [1.54, 1.807) is 72.8 Å². The van der Waals surface area contributed by atoms with Crippen molar-refractivity contribution < 1.29 is 17.6 Å². The molecule has 194 valence electrons. The Morgan fingerprint density at radius 1 is 0.475 bits per heavy atom. The summed E-state index contributed by atoms with van der Waals surface area (Å²) >= 11 is 3.58. The minimum Gasteiger partial charge on any atom is -0.305 e. The first-order chi connectivity index (χ1) is 19.5. The highest BCUT2D eigenvalue weighted by atomic mass is 79.9. The van der Waals surface area contributed by atoms with Gasteiger partial charge in [-0.2, -0.15) is 0 Å². The summed E-state index contributed by atoms with van der Waals surface area (Å²) in [7, 11) is 0. The highest BCUT2D eigenvalue weighted by Crippen LogP contribution is 2.46. The van der Waals surface area contributed by atoms with Crippen LogP contribution >= 0.6 is 15.9 Å². The Labute approximate surface area is 235 Å². The molecule has 0 aliphatic carbocycles. The van der Waals surface area contributed by atoms with Gasteiger partial charge in [0.25, 0.3) is 0 Å². The van der Waals surface area contributed by atoms with Crippen LogP contribution in [-0.2, 0) is 0 Å². The van der Waals surface area contributed by atoms with Crippen LogP contribution in [0.3, 0.4) is 0 Å². The molecular weight excluding hydrogens is 578 g/mol. The Bertz CT molecular complexity index is 1990. The van der Waals surface area contributed by atoms with Crippen molar-refractivity contribution in [1.82, 2.24) is 0 Å². The molecule has 7 aromatic carbocycles. The molecule has 6 heteroatoms. The van der Waals surface area contributed by atoms with Gasteiger partial charge in [0.15, 0.2) is 23.3 Å². The van der Waals surface area contributed by atoms with Gasteiger partial charge < -0.3 is 4.90 Å². The normalized spacial score (nSPS) is 11.6. The Balaban J connectivity index is 1.52. The van der Waals surface area contributed by atoms with E-state index in [1.165, 1.54) is 11.0 Å². The third kappa shape index (κ3) is 3.59. The Morgan fingerprint density at radius 3 is 1.52 bits per heavy atom. The van der Waals surface area contributed by atoms with Crippen LogP contribution in [0.5, 0.6) is 0 Å². The summed E-state index contributed by atoms with van der Waals surface area (Å²) < 4.78 is 65.0. The van der Waals surface area contributed by atoms with Gasteiger partial charge in [0.1, 0.15) is 5.69 Å². The third-order valence-electron chi connectivity index (χ3n) is 7.37. The minimum atomic E-state index is -1.48. The van der Waals surface area contributed by atoms with E-state index in [2.05, 4.69) is 15.9 Å². The molecule has 0 spiro atoms. The molecule has 0 saturated heterocycles. The number of anilines is 3. The fraction of sp³-hybridized carbons (Fsp3) is 0. The molecule has 0 atom stereocenters. The van der Waals surface area contributed by atoms with Crippen LogP contribution in [-0.4, -0.2) is 0 Å². The Hall–Kier alpha value is -4.42. The molecule has 1 nitrogen and oxygen atoms in total. The molecule has 40 heavy (non-hydrogen) atoms. The van der Waals surface area contributed by atoms with Crippen molar-refractivity contribution in [2.45, 2.75) is 0 Å². The quantitative estimate of drug-likeness (QED) is 0.111. The van der Waals surface area contributed by atoms with Crippen molar-refractivity contribution in [3.63, 3.8) is 0 Å². The number of para-hydroxylation sites is 2.